The molecule has 0 amide bonds. The lowest BCUT2D eigenvalue weighted by Gasteiger charge is -2.10. The Hall–Kier alpha value is -1.03. The zero-order valence-corrected chi connectivity index (χ0v) is 10.7. The number of halogens is 1. The van der Waals surface area contributed by atoms with Crippen molar-refractivity contribution in [3.05, 3.63) is 52.1 Å². The van der Waals surface area contributed by atoms with Crippen LogP contribution in [-0.2, 0) is 0 Å². The van der Waals surface area contributed by atoms with Gasteiger partial charge < -0.3 is 5.32 Å². The van der Waals surface area contributed by atoms with Gasteiger partial charge in [-0.1, -0.05) is 36.4 Å². The number of para-hydroxylation sites is 1. The maximum absolute atomic E-state index is 3.22. The van der Waals surface area contributed by atoms with Gasteiger partial charge in [0.15, 0.2) is 0 Å². The van der Waals surface area contributed by atoms with Crippen LogP contribution in [0.5, 0.6) is 0 Å². The molecule has 2 aromatic rings. The van der Waals surface area contributed by atoms with Crippen LogP contribution in [0.1, 0.15) is 0 Å². The molecular formula is C13H12IN. The molecular weight excluding hydrogens is 297 g/mol. The van der Waals surface area contributed by atoms with Gasteiger partial charge in [-0.3, -0.25) is 0 Å². The predicted molar refractivity (Wildman–Crippen MR) is 74.1 cm³/mol. The Morgan fingerprint density at radius 1 is 0.867 bits per heavy atom. The van der Waals surface area contributed by atoms with Crippen LogP contribution in [0, 0.1) is 3.57 Å². The average molecular weight is 309 g/mol. The molecule has 0 spiro atoms. The topological polar surface area (TPSA) is 12.0 Å². The molecule has 1 nitrogen and oxygen atoms in total. The first kappa shape index (κ1) is 10.5. The fraction of sp³-hybridized carbons (Fsp3) is 0.0769. The summed E-state index contributed by atoms with van der Waals surface area (Å²) in [6, 6.07) is 16.8. The maximum Gasteiger partial charge on any atom is 0.0417 e. The first-order chi connectivity index (χ1) is 7.33. The van der Waals surface area contributed by atoms with Gasteiger partial charge in [0, 0.05) is 21.9 Å². The molecule has 0 unspecified atom stereocenters. The lowest BCUT2D eigenvalue weighted by atomic mass is 10.0. The monoisotopic (exact) mass is 309 g/mol. The molecule has 0 aromatic heterocycles. The fourth-order valence-electron chi connectivity index (χ4n) is 1.62. The van der Waals surface area contributed by atoms with E-state index in [2.05, 4.69) is 70.4 Å². The Morgan fingerprint density at radius 2 is 1.47 bits per heavy atom. The van der Waals surface area contributed by atoms with E-state index in [-0.39, 0.29) is 0 Å². The van der Waals surface area contributed by atoms with Crippen molar-refractivity contribution in [2.45, 2.75) is 0 Å². The molecule has 0 aliphatic rings. The molecule has 2 rings (SSSR count). The zero-order chi connectivity index (χ0) is 10.7. The zero-order valence-electron chi connectivity index (χ0n) is 8.50. The minimum atomic E-state index is 1.17. The van der Waals surface area contributed by atoms with Crippen LogP contribution in [-0.4, -0.2) is 7.05 Å². The summed E-state index contributed by atoms with van der Waals surface area (Å²) in [6.07, 6.45) is 0. The first-order valence-corrected chi connectivity index (χ1v) is 5.92. The molecule has 0 bridgehead atoms. The highest BCUT2D eigenvalue weighted by Crippen LogP contribution is 2.30. The number of hydrogen-bond acceptors (Lipinski definition) is 1. The summed E-state index contributed by atoms with van der Waals surface area (Å²) in [5, 5.41) is 3.22. The van der Waals surface area contributed by atoms with E-state index in [1.807, 2.05) is 13.1 Å². The van der Waals surface area contributed by atoms with Crippen LogP contribution in [0.15, 0.2) is 48.5 Å². The van der Waals surface area contributed by atoms with E-state index in [0.717, 1.165) is 0 Å². The second kappa shape index (κ2) is 4.66. The highest BCUT2D eigenvalue weighted by atomic mass is 127. The molecule has 76 valence electrons. The smallest absolute Gasteiger partial charge is 0.0417 e. The van der Waals surface area contributed by atoms with Crippen LogP contribution in [0.2, 0.25) is 0 Å². The fourth-order valence-corrected chi connectivity index (χ4v) is 2.29. The van der Waals surface area contributed by atoms with Crippen molar-refractivity contribution in [1.82, 2.24) is 0 Å². The standard InChI is InChI=1S/C13H12IN/c1-15-13-9-5-3-7-11(13)10-6-2-4-8-12(10)14/h2-9,15H,1H3. The van der Waals surface area contributed by atoms with Gasteiger partial charge in [0.2, 0.25) is 0 Å². The van der Waals surface area contributed by atoms with Gasteiger partial charge in [-0.05, 0) is 40.3 Å². The summed E-state index contributed by atoms with van der Waals surface area (Å²) in [7, 11) is 1.95. The Bertz CT molecular complexity index is 466. The van der Waals surface area contributed by atoms with Crippen molar-refractivity contribution < 1.29 is 0 Å². The molecule has 2 aromatic carbocycles. The molecule has 0 fully saturated rings. The largest absolute Gasteiger partial charge is 0.388 e. The Labute approximate surface area is 104 Å². The molecule has 0 saturated carbocycles. The Balaban J connectivity index is 2.59. The number of rotatable bonds is 2. The Kier molecular flexibility index (Phi) is 3.26. The lowest BCUT2D eigenvalue weighted by Crippen LogP contribution is -1.92. The minimum absolute atomic E-state index is 1.17. The van der Waals surface area contributed by atoms with Crippen LogP contribution in [0.4, 0.5) is 5.69 Å². The third-order valence-electron chi connectivity index (χ3n) is 2.36. The number of benzene rings is 2. The second-order valence-electron chi connectivity index (χ2n) is 3.28. The van der Waals surface area contributed by atoms with E-state index in [4.69, 9.17) is 0 Å². The lowest BCUT2D eigenvalue weighted by molar-refractivity contribution is 1.49. The normalized spacial score (nSPS) is 10.0. The third kappa shape index (κ3) is 2.15. The summed E-state index contributed by atoms with van der Waals surface area (Å²) >= 11 is 2.37. The molecule has 0 aliphatic carbocycles. The maximum atomic E-state index is 3.22. The SMILES string of the molecule is CNc1ccccc1-c1ccccc1I. The van der Waals surface area contributed by atoms with E-state index >= 15 is 0 Å². The van der Waals surface area contributed by atoms with Crippen molar-refractivity contribution in [2.75, 3.05) is 12.4 Å². The van der Waals surface area contributed by atoms with Crippen LogP contribution < -0.4 is 5.32 Å². The number of anilines is 1. The summed E-state index contributed by atoms with van der Waals surface area (Å²) in [5.74, 6) is 0. The first-order valence-electron chi connectivity index (χ1n) is 4.84. The summed E-state index contributed by atoms with van der Waals surface area (Å²) in [5.41, 5.74) is 3.70. The summed E-state index contributed by atoms with van der Waals surface area (Å²) in [4.78, 5) is 0. The van der Waals surface area contributed by atoms with E-state index < -0.39 is 0 Å². The van der Waals surface area contributed by atoms with Crippen molar-refractivity contribution in [2.24, 2.45) is 0 Å². The molecule has 15 heavy (non-hydrogen) atoms. The molecule has 1 N–H and O–H groups in total. The van der Waals surface area contributed by atoms with Gasteiger partial charge in [0.25, 0.3) is 0 Å². The van der Waals surface area contributed by atoms with E-state index in [1.165, 1.54) is 20.4 Å². The van der Waals surface area contributed by atoms with Crippen molar-refractivity contribution >= 4 is 28.3 Å². The summed E-state index contributed by atoms with van der Waals surface area (Å²) < 4.78 is 1.28. The van der Waals surface area contributed by atoms with Crippen molar-refractivity contribution in [3.8, 4) is 11.1 Å². The molecule has 0 aliphatic heterocycles. The molecule has 0 heterocycles. The third-order valence-corrected chi connectivity index (χ3v) is 3.30. The minimum Gasteiger partial charge on any atom is -0.388 e. The predicted octanol–water partition coefficient (Wildman–Crippen LogP) is 4.00. The molecule has 0 radical (unpaired) electrons. The average Bonchev–Trinajstić information content (AvgIpc) is 2.30. The number of hydrogen-bond donors (Lipinski definition) is 1. The van der Waals surface area contributed by atoms with Gasteiger partial charge in [-0.2, -0.15) is 0 Å². The van der Waals surface area contributed by atoms with Crippen molar-refractivity contribution in [1.29, 1.82) is 0 Å². The molecule has 0 atom stereocenters. The quantitative estimate of drug-likeness (QED) is 0.827. The van der Waals surface area contributed by atoms with E-state index in [9.17, 15) is 0 Å². The van der Waals surface area contributed by atoms with Crippen LogP contribution in [0.3, 0.4) is 0 Å². The van der Waals surface area contributed by atoms with Crippen LogP contribution in [0.25, 0.3) is 11.1 Å². The van der Waals surface area contributed by atoms with Crippen LogP contribution >= 0.6 is 22.6 Å². The van der Waals surface area contributed by atoms with E-state index in [0.29, 0.717) is 0 Å². The molecule has 0 saturated heterocycles. The van der Waals surface area contributed by atoms with Gasteiger partial charge in [0.05, 0.1) is 0 Å². The van der Waals surface area contributed by atoms with Gasteiger partial charge in [0.1, 0.15) is 0 Å². The number of nitrogens with one attached hydrogen (secondary N) is 1. The second-order valence-corrected chi connectivity index (χ2v) is 4.44. The van der Waals surface area contributed by atoms with Gasteiger partial charge >= 0.3 is 0 Å². The Morgan fingerprint density at radius 3 is 2.13 bits per heavy atom. The highest BCUT2D eigenvalue weighted by molar-refractivity contribution is 14.1. The van der Waals surface area contributed by atoms with Crippen molar-refractivity contribution in [3.63, 3.8) is 0 Å². The van der Waals surface area contributed by atoms with E-state index in [1.54, 1.807) is 0 Å². The molecule has 2 heteroatoms. The summed E-state index contributed by atoms with van der Waals surface area (Å²) in [6.45, 7) is 0. The highest BCUT2D eigenvalue weighted by Gasteiger charge is 2.05. The van der Waals surface area contributed by atoms with Gasteiger partial charge in [-0.25, -0.2) is 0 Å². The van der Waals surface area contributed by atoms with Gasteiger partial charge in [-0.15, -0.1) is 0 Å².